The predicted molar refractivity (Wildman–Crippen MR) is 78.9 cm³/mol. The third kappa shape index (κ3) is 2.70. The van der Waals surface area contributed by atoms with E-state index in [1.165, 1.54) is 18.2 Å². The van der Waals surface area contributed by atoms with E-state index in [1.54, 1.807) is 6.07 Å². The lowest BCUT2D eigenvalue weighted by Gasteiger charge is -2.23. The first kappa shape index (κ1) is 15.0. The molecular weight excluding hydrogens is 287 g/mol. The van der Waals surface area contributed by atoms with Crippen molar-refractivity contribution in [2.75, 3.05) is 25.0 Å². The molecule has 2 aliphatic rings. The van der Waals surface area contributed by atoms with Gasteiger partial charge in [-0.15, -0.1) is 0 Å². The zero-order valence-electron chi connectivity index (χ0n) is 12.2. The molecule has 1 heterocycles. The van der Waals surface area contributed by atoms with Crippen LogP contribution in [0, 0.1) is 17.2 Å². The molecule has 1 aliphatic carbocycles. The van der Waals surface area contributed by atoms with E-state index in [4.69, 9.17) is 0 Å². The summed E-state index contributed by atoms with van der Waals surface area (Å²) in [6.45, 7) is 1.20. The molecule has 0 unspecified atom stereocenters. The lowest BCUT2D eigenvalue weighted by molar-refractivity contribution is -0.149. The van der Waals surface area contributed by atoms with Gasteiger partial charge >= 0.3 is 5.97 Å². The Labute approximate surface area is 128 Å². The highest BCUT2D eigenvalue weighted by Crippen LogP contribution is 2.48. The smallest absolute Gasteiger partial charge is 0.311 e. The number of aliphatic carboxylic acids is 1. The molecule has 1 saturated heterocycles. The number of nitrogens with zero attached hydrogens (tertiary/aromatic N) is 1. The SMILES string of the molecule is O=C(CN1C[C@@H]2CCC[C@@]2(C(=O)O)C1)Nc1cccc(F)c1. The minimum atomic E-state index is -0.747. The van der Waals surface area contributed by atoms with E-state index >= 15 is 0 Å². The number of nitrogens with one attached hydrogen (secondary N) is 1. The van der Waals surface area contributed by atoms with Crippen LogP contribution in [0.1, 0.15) is 19.3 Å². The van der Waals surface area contributed by atoms with Gasteiger partial charge in [-0.1, -0.05) is 12.5 Å². The van der Waals surface area contributed by atoms with E-state index in [9.17, 15) is 19.1 Å². The van der Waals surface area contributed by atoms with Crippen LogP contribution < -0.4 is 5.32 Å². The van der Waals surface area contributed by atoms with Crippen LogP contribution in [-0.4, -0.2) is 41.5 Å². The molecular formula is C16H19FN2O3. The number of fused-ring (bicyclic) bond motifs is 1. The third-order valence-electron chi connectivity index (χ3n) is 4.84. The number of carboxylic acid groups (broad SMARTS) is 1. The average molecular weight is 306 g/mol. The van der Waals surface area contributed by atoms with Gasteiger partial charge < -0.3 is 10.4 Å². The van der Waals surface area contributed by atoms with Crippen LogP contribution in [0.2, 0.25) is 0 Å². The molecule has 0 radical (unpaired) electrons. The van der Waals surface area contributed by atoms with Crippen LogP contribution in [-0.2, 0) is 9.59 Å². The van der Waals surface area contributed by atoms with E-state index in [2.05, 4.69) is 5.32 Å². The maximum atomic E-state index is 13.1. The van der Waals surface area contributed by atoms with Crippen molar-refractivity contribution in [3.63, 3.8) is 0 Å². The van der Waals surface area contributed by atoms with Gasteiger partial charge in [0.05, 0.1) is 12.0 Å². The van der Waals surface area contributed by atoms with Gasteiger partial charge in [0.2, 0.25) is 5.91 Å². The van der Waals surface area contributed by atoms with Crippen LogP contribution >= 0.6 is 0 Å². The van der Waals surface area contributed by atoms with Crippen molar-refractivity contribution in [1.29, 1.82) is 0 Å². The van der Waals surface area contributed by atoms with Crippen molar-refractivity contribution in [1.82, 2.24) is 4.90 Å². The van der Waals surface area contributed by atoms with Gasteiger partial charge in [-0.3, -0.25) is 14.5 Å². The van der Waals surface area contributed by atoms with Crippen molar-refractivity contribution in [2.24, 2.45) is 11.3 Å². The fraction of sp³-hybridized carbons (Fsp3) is 0.500. The van der Waals surface area contributed by atoms with E-state index in [1.807, 2.05) is 4.90 Å². The summed E-state index contributed by atoms with van der Waals surface area (Å²) in [5.74, 6) is -1.26. The number of anilines is 1. The Kier molecular flexibility index (Phi) is 3.87. The first-order valence-corrected chi connectivity index (χ1v) is 7.51. The molecule has 1 aromatic carbocycles. The van der Waals surface area contributed by atoms with Gasteiger partial charge in [-0.25, -0.2) is 4.39 Å². The number of amides is 1. The molecule has 22 heavy (non-hydrogen) atoms. The molecule has 1 aromatic rings. The maximum Gasteiger partial charge on any atom is 0.311 e. The highest BCUT2D eigenvalue weighted by molar-refractivity contribution is 5.92. The minimum absolute atomic E-state index is 0.131. The Bertz CT molecular complexity index is 607. The van der Waals surface area contributed by atoms with E-state index in [0.717, 1.165) is 12.8 Å². The highest BCUT2D eigenvalue weighted by Gasteiger charge is 2.54. The monoisotopic (exact) mass is 306 g/mol. The molecule has 2 atom stereocenters. The molecule has 2 N–H and O–H groups in total. The maximum absolute atomic E-state index is 13.1. The summed E-state index contributed by atoms with van der Waals surface area (Å²) in [7, 11) is 0. The summed E-state index contributed by atoms with van der Waals surface area (Å²) < 4.78 is 13.1. The largest absolute Gasteiger partial charge is 0.481 e. The number of halogens is 1. The van der Waals surface area contributed by atoms with E-state index in [-0.39, 0.29) is 18.4 Å². The number of likely N-dealkylation sites (tertiary alicyclic amines) is 1. The number of carbonyl (C=O) groups is 2. The second-order valence-corrected chi connectivity index (χ2v) is 6.28. The summed E-state index contributed by atoms with van der Waals surface area (Å²) >= 11 is 0. The minimum Gasteiger partial charge on any atom is -0.481 e. The highest BCUT2D eigenvalue weighted by atomic mass is 19.1. The lowest BCUT2D eigenvalue weighted by Crippen LogP contribution is -2.37. The van der Waals surface area contributed by atoms with Crippen LogP contribution in [0.25, 0.3) is 0 Å². The molecule has 2 fully saturated rings. The first-order valence-electron chi connectivity index (χ1n) is 7.51. The Morgan fingerprint density at radius 3 is 2.95 bits per heavy atom. The van der Waals surface area contributed by atoms with Gasteiger partial charge in [-0.2, -0.15) is 0 Å². The van der Waals surface area contributed by atoms with Gasteiger partial charge in [0.1, 0.15) is 5.82 Å². The number of benzene rings is 1. The summed E-state index contributed by atoms with van der Waals surface area (Å²) in [6.07, 6.45) is 2.55. The van der Waals surface area contributed by atoms with Crippen molar-refractivity contribution in [3.05, 3.63) is 30.1 Å². The molecule has 6 heteroatoms. The average Bonchev–Trinajstić information content (AvgIpc) is 2.95. The second-order valence-electron chi connectivity index (χ2n) is 6.28. The first-order chi connectivity index (χ1) is 10.5. The van der Waals surface area contributed by atoms with Gasteiger partial charge in [-0.05, 0) is 37.0 Å². The predicted octanol–water partition coefficient (Wildman–Crippen LogP) is 1.95. The Balaban J connectivity index is 1.60. The van der Waals surface area contributed by atoms with Crippen LogP contribution in [0.4, 0.5) is 10.1 Å². The third-order valence-corrected chi connectivity index (χ3v) is 4.84. The molecule has 0 aromatic heterocycles. The van der Waals surface area contributed by atoms with Crippen LogP contribution in [0.5, 0.6) is 0 Å². The molecule has 1 amide bonds. The quantitative estimate of drug-likeness (QED) is 0.892. The number of rotatable bonds is 4. The normalized spacial score (nSPS) is 27.6. The van der Waals surface area contributed by atoms with E-state index < -0.39 is 17.2 Å². The van der Waals surface area contributed by atoms with Crippen LogP contribution in [0.15, 0.2) is 24.3 Å². The molecule has 118 valence electrons. The molecule has 3 rings (SSSR count). The fourth-order valence-electron chi connectivity index (χ4n) is 3.83. The van der Waals surface area contributed by atoms with Crippen molar-refractivity contribution >= 4 is 17.6 Å². The van der Waals surface area contributed by atoms with Gasteiger partial charge in [0.25, 0.3) is 0 Å². The number of carboxylic acids is 1. The molecule has 5 nitrogen and oxygen atoms in total. The fourth-order valence-corrected chi connectivity index (χ4v) is 3.83. The standard InChI is InChI=1S/C16H19FN2O3/c17-12-4-1-5-13(7-12)18-14(20)9-19-8-11-3-2-6-16(11,10-19)15(21)22/h1,4-5,7,11H,2-3,6,8-10H2,(H,18,20)(H,21,22)/t11-,16+/m0/s1. The van der Waals surface area contributed by atoms with Gasteiger partial charge in [0, 0.05) is 18.8 Å². The van der Waals surface area contributed by atoms with Crippen molar-refractivity contribution < 1.29 is 19.1 Å². The Morgan fingerprint density at radius 1 is 1.45 bits per heavy atom. The second kappa shape index (κ2) is 5.68. The molecule has 0 spiro atoms. The zero-order chi connectivity index (χ0) is 15.7. The molecule has 1 aliphatic heterocycles. The molecule has 0 bridgehead atoms. The Hall–Kier alpha value is -1.95. The topological polar surface area (TPSA) is 69.6 Å². The number of carbonyl (C=O) groups excluding carboxylic acids is 1. The lowest BCUT2D eigenvalue weighted by atomic mass is 9.81. The number of hydrogen-bond acceptors (Lipinski definition) is 3. The molecule has 1 saturated carbocycles. The summed E-state index contributed by atoms with van der Waals surface area (Å²) in [5, 5.41) is 12.2. The van der Waals surface area contributed by atoms with E-state index in [0.29, 0.717) is 25.2 Å². The van der Waals surface area contributed by atoms with Crippen molar-refractivity contribution in [2.45, 2.75) is 19.3 Å². The summed E-state index contributed by atoms with van der Waals surface area (Å²) in [4.78, 5) is 25.5. The Morgan fingerprint density at radius 2 is 2.27 bits per heavy atom. The summed E-state index contributed by atoms with van der Waals surface area (Å²) in [5.41, 5.74) is -0.267. The zero-order valence-corrected chi connectivity index (χ0v) is 12.2. The van der Waals surface area contributed by atoms with Crippen LogP contribution in [0.3, 0.4) is 0 Å². The summed E-state index contributed by atoms with van der Waals surface area (Å²) in [6, 6.07) is 5.73. The van der Waals surface area contributed by atoms with Crippen molar-refractivity contribution in [3.8, 4) is 0 Å². The van der Waals surface area contributed by atoms with Gasteiger partial charge in [0.15, 0.2) is 0 Å². The number of hydrogen-bond donors (Lipinski definition) is 2.